The van der Waals surface area contributed by atoms with Crippen molar-refractivity contribution in [2.24, 2.45) is 0 Å². The molecule has 1 heterocycles. The lowest BCUT2D eigenvalue weighted by Crippen LogP contribution is -2.49. The highest BCUT2D eigenvalue weighted by Crippen LogP contribution is 2.37. The summed E-state index contributed by atoms with van der Waals surface area (Å²) in [7, 11) is 0. The van der Waals surface area contributed by atoms with Crippen molar-refractivity contribution in [3.05, 3.63) is 94.3 Å². The van der Waals surface area contributed by atoms with Crippen LogP contribution in [0.5, 0.6) is 5.75 Å². The number of anilines is 1. The van der Waals surface area contributed by atoms with Gasteiger partial charge in [-0.3, -0.25) is 4.90 Å². The van der Waals surface area contributed by atoms with Gasteiger partial charge in [0.05, 0.1) is 22.9 Å². The van der Waals surface area contributed by atoms with Crippen LogP contribution < -0.4 is 9.64 Å². The number of halogens is 2. The summed E-state index contributed by atoms with van der Waals surface area (Å²) in [5.74, 6) is 0.798. The van der Waals surface area contributed by atoms with Gasteiger partial charge in [0.1, 0.15) is 18.2 Å². The molecule has 0 amide bonds. The predicted octanol–water partition coefficient (Wildman–Crippen LogP) is 6.21. The highest BCUT2D eigenvalue weighted by molar-refractivity contribution is 6.33. The molecule has 1 fully saturated rings. The van der Waals surface area contributed by atoms with Gasteiger partial charge < -0.3 is 14.7 Å². The van der Waals surface area contributed by atoms with Gasteiger partial charge in [0, 0.05) is 32.2 Å². The zero-order chi connectivity index (χ0) is 24.9. The van der Waals surface area contributed by atoms with Gasteiger partial charge in [-0.1, -0.05) is 60.5 Å². The fourth-order valence-corrected chi connectivity index (χ4v) is 4.96. The molecule has 35 heavy (non-hydrogen) atoms. The van der Waals surface area contributed by atoms with Gasteiger partial charge in [-0.15, -0.1) is 0 Å². The standard InChI is InChI=1S/C29H34ClFN2O2/c1-20-4-6-23(7-5-20)21(2)17-32-14-15-33(29(18-32)24-8-10-25(31)11-9-24)28-13-12-26(16-27(28)30)35-19-22(3)34/h4-13,16,21-22,29,34H,14-15,17-19H2,1-3H3/t21-,22?,29-/m0/s1. The predicted molar refractivity (Wildman–Crippen MR) is 141 cm³/mol. The molecule has 1 aliphatic heterocycles. The molecule has 4 nitrogen and oxygen atoms in total. The maximum atomic E-state index is 13.7. The number of rotatable bonds is 8. The Bertz CT molecular complexity index is 1100. The molecule has 0 aromatic heterocycles. The fourth-order valence-electron chi connectivity index (χ4n) is 4.68. The summed E-state index contributed by atoms with van der Waals surface area (Å²) < 4.78 is 19.3. The molecule has 4 rings (SSSR count). The monoisotopic (exact) mass is 496 g/mol. The van der Waals surface area contributed by atoms with Gasteiger partial charge in [-0.05, 0) is 55.2 Å². The molecule has 186 valence electrons. The molecule has 3 aromatic carbocycles. The SMILES string of the molecule is Cc1ccc([C@@H](C)CN2CCN(c3ccc(OCC(C)O)cc3Cl)[C@H](c3ccc(F)cc3)C2)cc1. The number of ether oxygens (including phenoxy) is 1. The lowest BCUT2D eigenvalue weighted by molar-refractivity contribution is 0.123. The van der Waals surface area contributed by atoms with Crippen LogP contribution in [0.2, 0.25) is 5.02 Å². The molecular weight excluding hydrogens is 463 g/mol. The number of nitrogens with zero attached hydrogens (tertiary/aromatic N) is 2. The quantitative estimate of drug-likeness (QED) is 0.402. The minimum absolute atomic E-state index is 0.0382. The Labute approximate surface area is 212 Å². The van der Waals surface area contributed by atoms with Crippen LogP contribution >= 0.6 is 11.6 Å². The Morgan fingerprint density at radius 1 is 1.03 bits per heavy atom. The van der Waals surface area contributed by atoms with Crippen molar-refractivity contribution in [1.82, 2.24) is 4.90 Å². The van der Waals surface area contributed by atoms with Crippen molar-refractivity contribution in [3.63, 3.8) is 0 Å². The largest absolute Gasteiger partial charge is 0.491 e. The van der Waals surface area contributed by atoms with E-state index in [1.807, 2.05) is 24.3 Å². The van der Waals surface area contributed by atoms with E-state index in [0.29, 0.717) is 16.7 Å². The molecule has 3 aromatic rings. The normalized spacial score (nSPS) is 18.3. The van der Waals surface area contributed by atoms with Crippen LogP contribution in [0.1, 0.15) is 42.5 Å². The summed E-state index contributed by atoms with van der Waals surface area (Å²) in [5.41, 5.74) is 4.60. The first kappa shape index (κ1) is 25.5. The van der Waals surface area contributed by atoms with Crippen molar-refractivity contribution in [1.29, 1.82) is 0 Å². The Balaban J connectivity index is 1.55. The van der Waals surface area contributed by atoms with Crippen molar-refractivity contribution in [2.75, 3.05) is 37.7 Å². The molecule has 0 saturated carbocycles. The first-order valence-electron chi connectivity index (χ1n) is 12.2. The van der Waals surface area contributed by atoms with Crippen molar-refractivity contribution in [2.45, 2.75) is 38.8 Å². The van der Waals surface area contributed by atoms with Crippen LogP contribution in [-0.2, 0) is 0 Å². The zero-order valence-electron chi connectivity index (χ0n) is 20.6. The van der Waals surface area contributed by atoms with Crippen LogP contribution in [0.25, 0.3) is 0 Å². The number of hydrogen-bond donors (Lipinski definition) is 1. The van der Waals surface area contributed by atoms with E-state index in [1.165, 1.54) is 23.3 Å². The van der Waals surface area contributed by atoms with Gasteiger partial charge in [0.25, 0.3) is 0 Å². The average molecular weight is 497 g/mol. The van der Waals surface area contributed by atoms with Crippen LogP contribution in [-0.4, -0.2) is 48.9 Å². The van der Waals surface area contributed by atoms with E-state index in [1.54, 1.807) is 13.0 Å². The van der Waals surface area contributed by atoms with Crippen LogP contribution in [0, 0.1) is 12.7 Å². The van der Waals surface area contributed by atoms with E-state index in [2.05, 4.69) is 47.9 Å². The maximum absolute atomic E-state index is 13.7. The van der Waals surface area contributed by atoms with Gasteiger partial charge in [-0.2, -0.15) is 0 Å². The summed E-state index contributed by atoms with van der Waals surface area (Å²) in [4.78, 5) is 4.80. The van der Waals surface area contributed by atoms with Crippen LogP contribution in [0.4, 0.5) is 10.1 Å². The molecule has 0 spiro atoms. The summed E-state index contributed by atoms with van der Waals surface area (Å²) >= 11 is 6.71. The van der Waals surface area contributed by atoms with Crippen LogP contribution in [0.15, 0.2) is 66.7 Å². The highest BCUT2D eigenvalue weighted by Gasteiger charge is 2.30. The molecule has 1 aliphatic rings. The minimum Gasteiger partial charge on any atom is -0.491 e. The van der Waals surface area contributed by atoms with Crippen molar-refractivity contribution < 1.29 is 14.2 Å². The van der Waals surface area contributed by atoms with E-state index in [0.717, 1.165) is 37.4 Å². The van der Waals surface area contributed by atoms with Crippen LogP contribution in [0.3, 0.4) is 0 Å². The smallest absolute Gasteiger partial charge is 0.123 e. The summed E-state index contributed by atoms with van der Waals surface area (Å²) in [6.45, 7) is 9.76. The van der Waals surface area contributed by atoms with Crippen molar-refractivity contribution >= 4 is 17.3 Å². The van der Waals surface area contributed by atoms with E-state index in [-0.39, 0.29) is 18.5 Å². The molecule has 0 aliphatic carbocycles. The first-order valence-corrected chi connectivity index (χ1v) is 12.6. The Morgan fingerprint density at radius 3 is 2.40 bits per heavy atom. The third-order valence-corrected chi connectivity index (χ3v) is 6.92. The Hall–Kier alpha value is -2.60. The summed E-state index contributed by atoms with van der Waals surface area (Å²) in [6, 6.07) is 21.3. The van der Waals surface area contributed by atoms with E-state index >= 15 is 0 Å². The van der Waals surface area contributed by atoms with E-state index in [9.17, 15) is 9.50 Å². The lowest BCUT2D eigenvalue weighted by atomic mass is 9.97. The number of piperazine rings is 1. The molecule has 0 bridgehead atoms. The number of aliphatic hydroxyl groups is 1. The third kappa shape index (κ3) is 6.54. The van der Waals surface area contributed by atoms with Crippen molar-refractivity contribution in [3.8, 4) is 5.75 Å². The van der Waals surface area contributed by atoms with Gasteiger partial charge in [-0.25, -0.2) is 4.39 Å². The molecule has 1 unspecified atom stereocenters. The van der Waals surface area contributed by atoms with Gasteiger partial charge in [0.15, 0.2) is 0 Å². The molecule has 1 N–H and O–H groups in total. The number of benzene rings is 3. The second kappa shape index (κ2) is 11.4. The second-order valence-corrected chi connectivity index (χ2v) is 10.0. The maximum Gasteiger partial charge on any atom is 0.123 e. The Morgan fingerprint density at radius 2 is 1.74 bits per heavy atom. The van der Waals surface area contributed by atoms with Gasteiger partial charge in [0.2, 0.25) is 0 Å². The van der Waals surface area contributed by atoms with E-state index in [4.69, 9.17) is 16.3 Å². The summed E-state index contributed by atoms with van der Waals surface area (Å²) in [5, 5.41) is 10.1. The zero-order valence-corrected chi connectivity index (χ0v) is 21.4. The topological polar surface area (TPSA) is 35.9 Å². The van der Waals surface area contributed by atoms with E-state index < -0.39 is 6.10 Å². The summed E-state index contributed by atoms with van der Waals surface area (Å²) in [6.07, 6.45) is -0.549. The van der Waals surface area contributed by atoms with Gasteiger partial charge >= 0.3 is 0 Å². The number of aryl methyl sites for hydroxylation is 1. The third-order valence-electron chi connectivity index (χ3n) is 6.62. The molecule has 6 heteroatoms. The fraction of sp³-hybridized carbons (Fsp3) is 0.379. The lowest BCUT2D eigenvalue weighted by Gasteiger charge is -2.44. The first-order chi connectivity index (χ1) is 16.8. The minimum atomic E-state index is -0.549. The highest BCUT2D eigenvalue weighted by atomic mass is 35.5. The molecule has 1 saturated heterocycles. The second-order valence-electron chi connectivity index (χ2n) is 9.61. The molecular formula is C29H34ClFN2O2. The molecule has 3 atom stereocenters. The molecule has 0 radical (unpaired) electrons. The average Bonchev–Trinajstić information content (AvgIpc) is 2.84. The number of aliphatic hydroxyl groups excluding tert-OH is 1. The Kier molecular flexibility index (Phi) is 8.32. The number of hydrogen-bond acceptors (Lipinski definition) is 4.